The molecule has 4 heterocycles. The number of aromatic carboxylic acids is 1. The number of hydrogen-bond donors (Lipinski definition) is 1. The van der Waals surface area contributed by atoms with E-state index in [0.717, 1.165) is 75.1 Å². The molecule has 0 spiro atoms. The van der Waals surface area contributed by atoms with Gasteiger partial charge in [0.1, 0.15) is 11.9 Å². The van der Waals surface area contributed by atoms with Gasteiger partial charge in [0.2, 0.25) is 0 Å². The summed E-state index contributed by atoms with van der Waals surface area (Å²) in [7, 11) is 1.78. The van der Waals surface area contributed by atoms with Gasteiger partial charge in [-0.15, -0.1) is 0 Å². The number of aliphatic imine (C=N–C) groups is 1. The molecule has 1 atom stereocenters. The third-order valence-corrected chi connectivity index (χ3v) is 8.19. The van der Waals surface area contributed by atoms with Crippen molar-refractivity contribution < 1.29 is 19.0 Å². The highest BCUT2D eigenvalue weighted by Gasteiger charge is 2.33. The Labute approximate surface area is 220 Å². The fourth-order valence-corrected chi connectivity index (χ4v) is 5.97. The van der Waals surface area contributed by atoms with E-state index < -0.39 is 5.97 Å². The van der Waals surface area contributed by atoms with Crippen LogP contribution in [0.5, 0.6) is 0 Å². The van der Waals surface area contributed by atoms with E-state index in [4.69, 9.17) is 9.84 Å². The van der Waals surface area contributed by atoms with Crippen molar-refractivity contribution in [2.75, 3.05) is 44.7 Å². The lowest BCUT2D eigenvalue weighted by molar-refractivity contribution is -0.0135. The Morgan fingerprint density at radius 1 is 1.16 bits per heavy atom. The molecule has 3 fully saturated rings. The number of morpholine rings is 1. The number of hydrogen-bond acceptors (Lipinski definition) is 7. The molecule has 0 bridgehead atoms. The summed E-state index contributed by atoms with van der Waals surface area (Å²) >= 11 is 0. The Bertz CT molecular complexity index is 1340. The first-order chi connectivity index (χ1) is 18.5. The lowest BCUT2D eigenvalue weighted by Gasteiger charge is -2.42. The molecule has 3 aliphatic rings. The van der Waals surface area contributed by atoms with E-state index >= 15 is 0 Å². The van der Waals surface area contributed by atoms with Crippen LogP contribution in [0.3, 0.4) is 0 Å². The molecule has 6 rings (SSSR count). The van der Waals surface area contributed by atoms with Gasteiger partial charge in [-0.25, -0.2) is 18.9 Å². The molecule has 3 aromatic rings. The monoisotopic (exact) mass is 520 g/mol. The van der Waals surface area contributed by atoms with Crippen LogP contribution in [0.1, 0.15) is 54.2 Å². The molecule has 0 radical (unpaired) electrons. The summed E-state index contributed by atoms with van der Waals surface area (Å²) in [5.41, 5.74) is 3.03. The topological polar surface area (TPSA) is 96.1 Å². The van der Waals surface area contributed by atoms with Gasteiger partial charge in [-0.2, -0.15) is 5.10 Å². The van der Waals surface area contributed by atoms with Gasteiger partial charge in [-0.05, 0) is 56.0 Å². The average Bonchev–Trinajstić information content (AvgIpc) is 3.27. The maximum absolute atomic E-state index is 13.7. The van der Waals surface area contributed by atoms with E-state index in [1.54, 1.807) is 29.9 Å². The molecule has 2 aliphatic heterocycles. The molecular weight excluding hydrogens is 487 g/mol. The lowest BCUT2D eigenvalue weighted by Crippen LogP contribution is -2.52. The second-order valence-electron chi connectivity index (χ2n) is 10.5. The van der Waals surface area contributed by atoms with Crippen LogP contribution < -0.4 is 4.90 Å². The first kappa shape index (κ1) is 24.9. The molecule has 1 unspecified atom stereocenters. The van der Waals surface area contributed by atoms with Crippen molar-refractivity contribution in [3.63, 3.8) is 0 Å². The van der Waals surface area contributed by atoms with E-state index in [-0.39, 0.29) is 17.6 Å². The average molecular weight is 521 g/mol. The normalized spacial score (nSPS) is 21.8. The minimum Gasteiger partial charge on any atom is -0.477 e. The van der Waals surface area contributed by atoms with Crippen LogP contribution in [0.4, 0.5) is 10.1 Å². The van der Waals surface area contributed by atoms with Gasteiger partial charge < -0.3 is 14.7 Å². The highest BCUT2D eigenvalue weighted by Crippen LogP contribution is 2.43. The van der Waals surface area contributed by atoms with Crippen LogP contribution in [0.25, 0.3) is 16.7 Å². The van der Waals surface area contributed by atoms with Crippen molar-refractivity contribution in [2.45, 2.75) is 50.2 Å². The Kier molecular flexibility index (Phi) is 6.84. The predicted molar refractivity (Wildman–Crippen MR) is 143 cm³/mol. The molecule has 1 aliphatic carbocycles. The maximum atomic E-state index is 13.7. The number of aromatic nitrogens is 3. The number of piperidine rings is 1. The molecular formula is C28H33FN6O3. The van der Waals surface area contributed by atoms with E-state index in [9.17, 15) is 14.3 Å². The van der Waals surface area contributed by atoms with Crippen LogP contribution in [0, 0.1) is 5.82 Å². The number of fused-ring (bicyclic) bond motifs is 1. The zero-order valence-electron chi connectivity index (χ0n) is 21.6. The highest BCUT2D eigenvalue weighted by molar-refractivity contribution is 5.98. The number of carboxylic acid groups (broad SMARTS) is 1. The highest BCUT2D eigenvalue weighted by atomic mass is 19.1. The molecule has 10 heteroatoms. The van der Waals surface area contributed by atoms with Gasteiger partial charge >= 0.3 is 5.97 Å². The van der Waals surface area contributed by atoms with Gasteiger partial charge in [-0.3, -0.25) is 9.89 Å². The molecule has 1 saturated carbocycles. The van der Waals surface area contributed by atoms with Crippen molar-refractivity contribution >= 4 is 28.9 Å². The van der Waals surface area contributed by atoms with Gasteiger partial charge in [-0.1, -0.05) is 6.42 Å². The fourth-order valence-electron chi connectivity index (χ4n) is 5.97. The lowest BCUT2D eigenvalue weighted by atomic mass is 9.82. The Morgan fingerprint density at radius 2 is 1.92 bits per heavy atom. The minimum absolute atomic E-state index is 0.00656. The molecule has 2 aromatic heterocycles. The van der Waals surface area contributed by atoms with Crippen molar-refractivity contribution in [1.82, 2.24) is 19.7 Å². The Balaban J connectivity index is 1.36. The zero-order chi connectivity index (χ0) is 26.2. The Morgan fingerprint density at radius 3 is 2.58 bits per heavy atom. The van der Waals surface area contributed by atoms with Crippen molar-refractivity contribution in [2.24, 2.45) is 4.99 Å². The molecule has 0 amide bonds. The van der Waals surface area contributed by atoms with Crippen molar-refractivity contribution in [3.8, 4) is 5.69 Å². The van der Waals surface area contributed by atoms with Crippen molar-refractivity contribution in [3.05, 3.63) is 47.5 Å². The van der Waals surface area contributed by atoms with Gasteiger partial charge in [0.25, 0.3) is 0 Å². The Hall–Kier alpha value is -3.37. The smallest absolute Gasteiger partial charge is 0.354 e. The molecule has 1 N–H and O–H groups in total. The summed E-state index contributed by atoms with van der Waals surface area (Å²) in [6.07, 6.45) is 7.13. The molecule has 38 heavy (non-hydrogen) atoms. The SMILES string of the molecule is CN=CC1CN(C2CCN(c3cc(C(=O)O)nc4c3c(C3CCC3)nn4-c3ccc(F)cc3)CC2)CCO1. The molecule has 9 nitrogen and oxygen atoms in total. The molecule has 2 saturated heterocycles. The van der Waals surface area contributed by atoms with E-state index in [1.165, 1.54) is 12.1 Å². The second kappa shape index (κ2) is 10.4. The number of carboxylic acids is 1. The predicted octanol–water partition coefficient (Wildman–Crippen LogP) is 3.90. The summed E-state index contributed by atoms with van der Waals surface area (Å²) in [5.74, 6) is -1.09. The van der Waals surface area contributed by atoms with Crippen LogP contribution in [-0.4, -0.2) is 88.9 Å². The maximum Gasteiger partial charge on any atom is 0.354 e. The quantitative estimate of drug-likeness (QED) is 0.493. The number of rotatable bonds is 6. The summed E-state index contributed by atoms with van der Waals surface area (Å²) in [4.78, 5) is 25.6. The van der Waals surface area contributed by atoms with Gasteiger partial charge in [0.05, 0.1) is 29.1 Å². The standard InChI is InChI=1S/C28H33FN6O3/c1-30-16-22-17-34(13-14-38-22)20-9-11-33(12-10-20)24-15-23(28(36)37)31-27-25(24)26(18-3-2-4-18)32-35(27)21-7-5-19(29)6-8-21/h5-8,15-16,18,20,22H,2-4,9-14,17H2,1H3,(H,36,37). The third-order valence-electron chi connectivity index (χ3n) is 8.19. The summed E-state index contributed by atoms with van der Waals surface area (Å²) in [6.45, 7) is 4.10. The van der Waals surface area contributed by atoms with Crippen LogP contribution >= 0.6 is 0 Å². The van der Waals surface area contributed by atoms with E-state index in [1.807, 2.05) is 6.21 Å². The number of benzene rings is 1. The summed E-state index contributed by atoms with van der Waals surface area (Å²) < 4.78 is 21.2. The van der Waals surface area contributed by atoms with E-state index in [0.29, 0.717) is 29.9 Å². The first-order valence-electron chi connectivity index (χ1n) is 13.5. The fraction of sp³-hybridized carbons (Fsp3) is 0.500. The van der Waals surface area contributed by atoms with Crippen molar-refractivity contribution in [1.29, 1.82) is 0 Å². The largest absolute Gasteiger partial charge is 0.477 e. The number of nitrogens with zero attached hydrogens (tertiary/aromatic N) is 6. The van der Waals surface area contributed by atoms with Crippen LogP contribution in [0.15, 0.2) is 35.3 Å². The molecule has 1 aromatic carbocycles. The number of halogens is 1. The third kappa shape index (κ3) is 4.67. The molecule has 200 valence electrons. The van der Waals surface area contributed by atoms with E-state index in [2.05, 4.69) is 19.8 Å². The van der Waals surface area contributed by atoms with Gasteiger partial charge in [0, 0.05) is 51.4 Å². The number of pyridine rings is 1. The number of anilines is 1. The minimum atomic E-state index is -1.07. The van der Waals surface area contributed by atoms with Gasteiger partial charge in [0.15, 0.2) is 11.3 Å². The second-order valence-corrected chi connectivity index (χ2v) is 10.5. The first-order valence-corrected chi connectivity index (χ1v) is 13.5. The summed E-state index contributed by atoms with van der Waals surface area (Å²) in [6, 6.07) is 8.26. The van der Waals surface area contributed by atoms with Crippen LogP contribution in [0.2, 0.25) is 0 Å². The summed E-state index contributed by atoms with van der Waals surface area (Å²) in [5, 5.41) is 15.8. The number of carbonyl (C=O) groups is 1. The zero-order valence-corrected chi connectivity index (χ0v) is 21.6. The number of ether oxygens (including phenoxy) is 1. The van der Waals surface area contributed by atoms with Crippen LogP contribution in [-0.2, 0) is 4.74 Å².